The van der Waals surface area contributed by atoms with Crippen molar-refractivity contribution in [2.75, 3.05) is 13.6 Å². The van der Waals surface area contributed by atoms with E-state index in [4.69, 9.17) is 23.2 Å². The topological polar surface area (TPSA) is 59.2 Å². The van der Waals surface area contributed by atoms with Gasteiger partial charge in [-0.15, -0.1) is 24.0 Å². The summed E-state index contributed by atoms with van der Waals surface area (Å²) in [6.45, 7) is 1.32. The van der Waals surface area contributed by atoms with Gasteiger partial charge in [0.1, 0.15) is 5.15 Å². The highest BCUT2D eigenvalue weighted by Gasteiger charge is 2.09. The first-order valence-corrected chi connectivity index (χ1v) is 9.37. The molecule has 2 N–H and O–H groups in total. The van der Waals surface area contributed by atoms with Crippen LogP contribution in [0, 0.1) is 0 Å². The normalized spacial score (nSPS) is 11.2. The lowest BCUT2D eigenvalue weighted by Gasteiger charge is -2.12. The Morgan fingerprint density at radius 1 is 1.18 bits per heavy atom. The van der Waals surface area contributed by atoms with Crippen LogP contribution in [0.4, 0.5) is 0 Å². The Hall–Kier alpha value is -1.71. The van der Waals surface area contributed by atoms with Crippen molar-refractivity contribution in [1.82, 2.24) is 25.0 Å². The molecule has 2 heterocycles. The van der Waals surface area contributed by atoms with Crippen LogP contribution in [0.1, 0.15) is 11.3 Å². The largest absolute Gasteiger partial charge is 0.356 e. The van der Waals surface area contributed by atoms with Gasteiger partial charge in [-0.05, 0) is 30.2 Å². The maximum Gasteiger partial charge on any atom is 0.191 e. The van der Waals surface area contributed by atoms with Gasteiger partial charge in [0.05, 0.1) is 23.5 Å². The van der Waals surface area contributed by atoms with Gasteiger partial charge in [0.25, 0.3) is 0 Å². The van der Waals surface area contributed by atoms with Crippen LogP contribution in [0.25, 0.3) is 5.69 Å². The highest BCUT2D eigenvalue weighted by atomic mass is 127. The molecular formula is C19H23Cl2IN6. The Morgan fingerprint density at radius 2 is 1.93 bits per heavy atom. The van der Waals surface area contributed by atoms with E-state index in [-0.39, 0.29) is 24.0 Å². The minimum atomic E-state index is 0. The maximum atomic E-state index is 6.09. The summed E-state index contributed by atoms with van der Waals surface area (Å²) >= 11 is 12.1. The Balaban J connectivity index is 0.00000280. The number of hydrogen-bond donors (Lipinski definition) is 2. The first-order valence-electron chi connectivity index (χ1n) is 8.61. The molecule has 9 heteroatoms. The smallest absolute Gasteiger partial charge is 0.191 e. The quantitative estimate of drug-likeness (QED) is 0.286. The summed E-state index contributed by atoms with van der Waals surface area (Å²) in [7, 11) is 3.62. The van der Waals surface area contributed by atoms with E-state index in [1.807, 2.05) is 65.1 Å². The number of nitrogens with one attached hydrogen (secondary N) is 2. The van der Waals surface area contributed by atoms with Crippen molar-refractivity contribution < 1.29 is 0 Å². The number of benzene rings is 1. The van der Waals surface area contributed by atoms with Crippen LogP contribution < -0.4 is 10.6 Å². The minimum Gasteiger partial charge on any atom is -0.356 e. The third-order valence-electron chi connectivity index (χ3n) is 4.24. The number of rotatable bonds is 6. The number of aliphatic imine (C=N–C) groups is 1. The highest BCUT2D eigenvalue weighted by molar-refractivity contribution is 14.0. The maximum absolute atomic E-state index is 6.09. The van der Waals surface area contributed by atoms with Crippen molar-refractivity contribution >= 4 is 53.1 Å². The summed E-state index contributed by atoms with van der Waals surface area (Å²) in [5.41, 5.74) is 3.19. The monoisotopic (exact) mass is 532 g/mol. The van der Waals surface area contributed by atoms with E-state index in [0.717, 1.165) is 35.9 Å². The van der Waals surface area contributed by atoms with E-state index in [1.54, 1.807) is 7.05 Å². The summed E-state index contributed by atoms with van der Waals surface area (Å²) in [5.74, 6) is 0.721. The van der Waals surface area contributed by atoms with Gasteiger partial charge >= 0.3 is 0 Å². The average Bonchev–Trinajstić information content (AvgIpc) is 3.26. The Kier molecular flexibility index (Phi) is 8.65. The second kappa shape index (κ2) is 10.7. The van der Waals surface area contributed by atoms with Crippen LogP contribution >= 0.6 is 47.2 Å². The van der Waals surface area contributed by atoms with Gasteiger partial charge in [-0.3, -0.25) is 4.99 Å². The molecule has 0 amide bonds. The summed E-state index contributed by atoms with van der Waals surface area (Å²) in [6, 6.07) is 11.9. The Morgan fingerprint density at radius 3 is 2.57 bits per heavy atom. The lowest BCUT2D eigenvalue weighted by atomic mass is 10.2. The number of hydrogen-bond acceptors (Lipinski definition) is 2. The van der Waals surface area contributed by atoms with Gasteiger partial charge in [-0.25, -0.2) is 4.68 Å². The predicted molar refractivity (Wildman–Crippen MR) is 126 cm³/mol. The molecule has 2 aromatic heterocycles. The van der Waals surface area contributed by atoms with E-state index in [9.17, 15) is 0 Å². The molecule has 28 heavy (non-hydrogen) atoms. The molecule has 0 spiro atoms. The number of para-hydroxylation sites is 1. The molecule has 1 aromatic carbocycles. The zero-order valence-electron chi connectivity index (χ0n) is 15.7. The minimum absolute atomic E-state index is 0. The average molecular weight is 533 g/mol. The number of guanidine groups is 1. The van der Waals surface area contributed by atoms with E-state index < -0.39 is 0 Å². The third kappa shape index (κ3) is 5.65. The fourth-order valence-corrected chi connectivity index (χ4v) is 3.11. The first kappa shape index (κ1) is 22.6. The molecule has 0 saturated heterocycles. The fourth-order valence-electron chi connectivity index (χ4n) is 2.69. The van der Waals surface area contributed by atoms with Gasteiger partial charge in [0.15, 0.2) is 5.96 Å². The van der Waals surface area contributed by atoms with E-state index in [2.05, 4.69) is 20.7 Å². The van der Waals surface area contributed by atoms with Gasteiger partial charge in [0.2, 0.25) is 0 Å². The van der Waals surface area contributed by atoms with Crippen molar-refractivity contribution in [3.63, 3.8) is 0 Å². The van der Waals surface area contributed by atoms with Gasteiger partial charge in [-0.1, -0.05) is 41.4 Å². The molecule has 0 bridgehead atoms. The van der Waals surface area contributed by atoms with Gasteiger partial charge < -0.3 is 15.2 Å². The van der Waals surface area contributed by atoms with E-state index in [1.165, 1.54) is 0 Å². The zero-order chi connectivity index (χ0) is 19.2. The highest BCUT2D eigenvalue weighted by Crippen LogP contribution is 2.24. The number of aromatic nitrogens is 3. The van der Waals surface area contributed by atoms with Crippen LogP contribution in [0.3, 0.4) is 0 Å². The molecule has 0 aliphatic heterocycles. The molecule has 0 fully saturated rings. The molecule has 3 rings (SSSR count). The van der Waals surface area contributed by atoms with Crippen LogP contribution in [0.2, 0.25) is 10.2 Å². The van der Waals surface area contributed by atoms with E-state index >= 15 is 0 Å². The van der Waals surface area contributed by atoms with E-state index in [0.29, 0.717) is 16.7 Å². The van der Waals surface area contributed by atoms with Crippen LogP contribution in [-0.2, 0) is 20.0 Å². The summed E-state index contributed by atoms with van der Waals surface area (Å²) in [5, 5.41) is 12.1. The molecule has 3 aromatic rings. The second-order valence-corrected chi connectivity index (χ2v) is 6.83. The molecule has 0 aliphatic carbocycles. The molecule has 0 unspecified atom stereocenters. The molecule has 0 aliphatic rings. The predicted octanol–water partition coefficient (Wildman–Crippen LogP) is 4.04. The summed E-state index contributed by atoms with van der Waals surface area (Å²) in [6.07, 6.45) is 4.77. The van der Waals surface area contributed by atoms with Crippen molar-refractivity contribution in [1.29, 1.82) is 0 Å². The molecule has 0 radical (unpaired) electrons. The Bertz CT molecular complexity index is 920. The lowest BCUT2D eigenvalue weighted by Crippen LogP contribution is -2.38. The number of halogens is 3. The molecular weight excluding hydrogens is 510 g/mol. The Labute approximate surface area is 192 Å². The van der Waals surface area contributed by atoms with Crippen molar-refractivity contribution in [3.8, 4) is 5.69 Å². The standard InChI is InChI=1S/C19H22Cl2N6.HI/c1-22-19(24-12-16-10-17(20)18(21)26(16)2)23-9-8-14-11-25-27(13-14)15-6-4-3-5-7-15;/h3-7,10-11,13H,8-9,12H2,1-2H3,(H2,22,23,24);1H. The van der Waals surface area contributed by atoms with Crippen LogP contribution in [0.5, 0.6) is 0 Å². The molecule has 0 saturated carbocycles. The summed E-state index contributed by atoms with van der Waals surface area (Å²) < 4.78 is 3.73. The van der Waals surface area contributed by atoms with Crippen molar-refractivity contribution in [2.45, 2.75) is 13.0 Å². The van der Waals surface area contributed by atoms with Crippen LogP contribution in [-0.4, -0.2) is 33.9 Å². The summed E-state index contributed by atoms with van der Waals surface area (Å²) in [4.78, 5) is 4.24. The molecule has 150 valence electrons. The zero-order valence-corrected chi connectivity index (χ0v) is 19.5. The SMILES string of the molecule is CN=C(NCCc1cnn(-c2ccccc2)c1)NCc1cc(Cl)c(Cl)n1C.I. The van der Waals surface area contributed by atoms with Crippen molar-refractivity contribution in [3.05, 3.63) is 70.2 Å². The molecule has 0 atom stereocenters. The first-order chi connectivity index (χ1) is 13.1. The van der Waals surface area contributed by atoms with Crippen LogP contribution in [0.15, 0.2) is 53.8 Å². The lowest BCUT2D eigenvalue weighted by molar-refractivity contribution is 0.747. The second-order valence-electron chi connectivity index (χ2n) is 6.06. The fraction of sp³-hybridized carbons (Fsp3) is 0.263. The van der Waals surface area contributed by atoms with Crippen molar-refractivity contribution in [2.24, 2.45) is 12.0 Å². The molecule has 6 nitrogen and oxygen atoms in total. The van der Waals surface area contributed by atoms with Gasteiger partial charge in [-0.2, -0.15) is 5.10 Å². The third-order valence-corrected chi connectivity index (χ3v) is 5.08. The van der Waals surface area contributed by atoms with Gasteiger partial charge in [0, 0.05) is 32.5 Å². The number of nitrogens with zero attached hydrogens (tertiary/aromatic N) is 4.